The van der Waals surface area contributed by atoms with Gasteiger partial charge < -0.3 is 14.5 Å². The second-order valence-electron chi connectivity index (χ2n) is 7.41. The number of ether oxygens (including phenoxy) is 1. The molecule has 0 N–H and O–H groups in total. The van der Waals surface area contributed by atoms with Crippen molar-refractivity contribution in [3.05, 3.63) is 22.4 Å². The molecule has 1 saturated heterocycles. The summed E-state index contributed by atoms with van der Waals surface area (Å²) < 4.78 is 5.52. The van der Waals surface area contributed by atoms with Crippen LogP contribution in [0.15, 0.2) is 16.8 Å². The Balaban J connectivity index is 1.94. The first-order valence-electron chi connectivity index (χ1n) is 8.51. The number of amides is 2. The highest BCUT2D eigenvalue weighted by Crippen LogP contribution is 2.21. The van der Waals surface area contributed by atoms with Crippen molar-refractivity contribution in [3.63, 3.8) is 0 Å². The second-order valence-corrected chi connectivity index (χ2v) is 8.19. The normalized spacial score (nSPS) is 18.3. The first kappa shape index (κ1) is 18.8. The maximum atomic E-state index is 12.4. The number of carbonyl (C=O) groups is 2. The Bertz CT molecular complexity index is 551. The fourth-order valence-electron chi connectivity index (χ4n) is 2.87. The van der Waals surface area contributed by atoms with E-state index >= 15 is 0 Å². The summed E-state index contributed by atoms with van der Waals surface area (Å²) in [7, 11) is 1.82. The van der Waals surface area contributed by atoms with Gasteiger partial charge in [0.25, 0.3) is 0 Å². The van der Waals surface area contributed by atoms with E-state index in [1.807, 2.05) is 44.6 Å². The summed E-state index contributed by atoms with van der Waals surface area (Å²) in [6.07, 6.45) is 3.12. The zero-order valence-corrected chi connectivity index (χ0v) is 15.9. The zero-order chi connectivity index (χ0) is 17.7. The first-order chi connectivity index (χ1) is 11.3. The lowest BCUT2D eigenvalue weighted by atomic mass is 10.0. The van der Waals surface area contributed by atoms with Crippen LogP contribution >= 0.6 is 11.3 Å². The highest BCUT2D eigenvalue weighted by atomic mass is 32.1. The van der Waals surface area contributed by atoms with Gasteiger partial charge in [0.1, 0.15) is 5.60 Å². The van der Waals surface area contributed by atoms with Crippen LogP contribution in [0.25, 0.3) is 0 Å². The number of rotatable bonds is 4. The molecule has 1 aromatic rings. The molecule has 2 rings (SSSR count). The number of nitrogens with zero attached hydrogens (tertiary/aromatic N) is 2. The van der Waals surface area contributed by atoms with E-state index in [-0.39, 0.29) is 18.0 Å². The van der Waals surface area contributed by atoms with E-state index in [0.717, 1.165) is 24.8 Å². The van der Waals surface area contributed by atoms with Gasteiger partial charge in [-0.15, -0.1) is 0 Å². The molecule has 2 amide bonds. The van der Waals surface area contributed by atoms with Gasteiger partial charge in [-0.05, 0) is 62.4 Å². The van der Waals surface area contributed by atoms with Gasteiger partial charge in [0, 0.05) is 20.1 Å². The second kappa shape index (κ2) is 8.01. The molecule has 1 unspecified atom stereocenters. The fourth-order valence-corrected chi connectivity index (χ4v) is 3.54. The first-order valence-corrected chi connectivity index (χ1v) is 9.45. The van der Waals surface area contributed by atoms with Crippen LogP contribution in [-0.2, 0) is 16.0 Å². The summed E-state index contributed by atoms with van der Waals surface area (Å²) in [5, 5.41) is 3.98. The summed E-state index contributed by atoms with van der Waals surface area (Å²) in [4.78, 5) is 28.4. The van der Waals surface area contributed by atoms with Gasteiger partial charge >= 0.3 is 6.09 Å². The maximum Gasteiger partial charge on any atom is 0.410 e. The molecule has 134 valence electrons. The van der Waals surface area contributed by atoms with Crippen LogP contribution in [-0.4, -0.2) is 53.6 Å². The van der Waals surface area contributed by atoms with Gasteiger partial charge in [-0.3, -0.25) is 4.79 Å². The highest BCUT2D eigenvalue weighted by Gasteiger charge is 2.31. The number of thiophene rings is 1. The van der Waals surface area contributed by atoms with Gasteiger partial charge in [0.05, 0.1) is 12.5 Å². The third-order valence-corrected chi connectivity index (χ3v) is 4.83. The van der Waals surface area contributed by atoms with Gasteiger partial charge in [0.2, 0.25) is 5.91 Å². The molecule has 0 aliphatic carbocycles. The van der Waals surface area contributed by atoms with E-state index in [4.69, 9.17) is 4.74 Å². The Hall–Kier alpha value is -1.56. The predicted octanol–water partition coefficient (Wildman–Crippen LogP) is 3.54. The Morgan fingerprint density at radius 3 is 2.75 bits per heavy atom. The van der Waals surface area contributed by atoms with Crippen LogP contribution in [0.1, 0.15) is 45.6 Å². The highest BCUT2D eigenvalue weighted by molar-refractivity contribution is 7.07. The molecule has 1 aliphatic rings. The average Bonchev–Trinajstić information content (AvgIpc) is 2.98. The molecule has 5 nitrogen and oxygen atoms in total. The molecule has 0 bridgehead atoms. The standard InChI is InChI=1S/C18H28N2O3S/c1-18(2,3)23-17(22)20-9-6-5-7-15(20)12-19(4)16(21)11-14-8-10-24-13-14/h8,10,13,15H,5-7,9,11-12H2,1-4H3. The number of likely N-dealkylation sites (N-methyl/N-ethyl adjacent to an activating group) is 1. The van der Waals surface area contributed by atoms with Gasteiger partial charge in [0.15, 0.2) is 0 Å². The SMILES string of the molecule is CN(CC1CCCCN1C(=O)OC(C)(C)C)C(=O)Cc1ccsc1. The van der Waals surface area contributed by atoms with E-state index in [9.17, 15) is 9.59 Å². The lowest BCUT2D eigenvalue weighted by Gasteiger charge is -2.38. The molecule has 0 saturated carbocycles. The van der Waals surface area contributed by atoms with E-state index in [2.05, 4.69) is 0 Å². The third-order valence-electron chi connectivity index (χ3n) is 4.10. The monoisotopic (exact) mass is 352 g/mol. The van der Waals surface area contributed by atoms with Crippen LogP contribution in [0, 0.1) is 0 Å². The number of piperidine rings is 1. The minimum Gasteiger partial charge on any atom is -0.444 e. The average molecular weight is 353 g/mol. The van der Waals surface area contributed by atoms with Crippen molar-refractivity contribution in [1.29, 1.82) is 0 Å². The summed E-state index contributed by atoms with van der Waals surface area (Å²) >= 11 is 1.60. The Morgan fingerprint density at radius 1 is 1.38 bits per heavy atom. The molecule has 1 atom stereocenters. The molecule has 0 spiro atoms. The summed E-state index contributed by atoms with van der Waals surface area (Å²) in [5.41, 5.74) is 0.546. The number of hydrogen-bond acceptors (Lipinski definition) is 4. The van der Waals surface area contributed by atoms with Crippen molar-refractivity contribution >= 4 is 23.3 Å². The zero-order valence-electron chi connectivity index (χ0n) is 15.1. The van der Waals surface area contributed by atoms with Gasteiger partial charge in [-0.1, -0.05) is 0 Å². The molecular formula is C18H28N2O3S. The smallest absolute Gasteiger partial charge is 0.410 e. The molecule has 24 heavy (non-hydrogen) atoms. The molecule has 0 radical (unpaired) electrons. The van der Waals surface area contributed by atoms with Crippen molar-refractivity contribution in [2.75, 3.05) is 20.1 Å². The maximum absolute atomic E-state index is 12.4. The van der Waals surface area contributed by atoms with E-state index in [1.165, 1.54) is 0 Å². The molecular weight excluding hydrogens is 324 g/mol. The van der Waals surface area contributed by atoms with Gasteiger partial charge in [-0.25, -0.2) is 4.79 Å². The minimum absolute atomic E-state index is 0.0324. The van der Waals surface area contributed by atoms with Crippen molar-refractivity contribution in [2.24, 2.45) is 0 Å². The lowest BCUT2D eigenvalue weighted by Crippen LogP contribution is -2.51. The summed E-state index contributed by atoms with van der Waals surface area (Å²) in [6.45, 7) is 6.88. The molecule has 6 heteroatoms. The number of carbonyl (C=O) groups excluding carboxylic acids is 2. The largest absolute Gasteiger partial charge is 0.444 e. The van der Waals surface area contributed by atoms with Crippen LogP contribution in [0.3, 0.4) is 0 Å². The minimum atomic E-state index is -0.500. The predicted molar refractivity (Wildman–Crippen MR) is 96.2 cm³/mol. The molecule has 1 aliphatic heterocycles. The third kappa shape index (κ3) is 5.51. The fraction of sp³-hybridized carbons (Fsp3) is 0.667. The lowest BCUT2D eigenvalue weighted by molar-refractivity contribution is -0.130. The van der Waals surface area contributed by atoms with E-state index < -0.39 is 5.60 Å². The van der Waals surface area contributed by atoms with Crippen molar-refractivity contribution in [3.8, 4) is 0 Å². The number of likely N-dealkylation sites (tertiary alicyclic amines) is 1. The van der Waals surface area contributed by atoms with Crippen LogP contribution < -0.4 is 0 Å². The van der Waals surface area contributed by atoms with Crippen molar-refractivity contribution in [1.82, 2.24) is 9.80 Å². The topological polar surface area (TPSA) is 49.9 Å². The Labute approximate surface area is 148 Å². The van der Waals surface area contributed by atoms with Crippen molar-refractivity contribution in [2.45, 2.75) is 58.1 Å². The van der Waals surface area contributed by atoms with Crippen molar-refractivity contribution < 1.29 is 14.3 Å². The van der Waals surface area contributed by atoms with E-state index in [0.29, 0.717) is 19.5 Å². The Morgan fingerprint density at radius 2 is 2.12 bits per heavy atom. The molecule has 1 fully saturated rings. The summed E-state index contributed by atoms with van der Waals surface area (Å²) in [5.74, 6) is 0.0862. The number of hydrogen-bond donors (Lipinski definition) is 0. The Kier molecular flexibility index (Phi) is 6.27. The van der Waals surface area contributed by atoms with E-state index in [1.54, 1.807) is 21.1 Å². The van der Waals surface area contributed by atoms with Crippen LogP contribution in [0.4, 0.5) is 4.79 Å². The molecule has 2 heterocycles. The van der Waals surface area contributed by atoms with Crippen LogP contribution in [0.5, 0.6) is 0 Å². The molecule has 1 aromatic heterocycles. The molecule has 0 aromatic carbocycles. The quantitative estimate of drug-likeness (QED) is 0.833. The summed E-state index contributed by atoms with van der Waals surface area (Å²) in [6, 6.07) is 2.01. The van der Waals surface area contributed by atoms with Gasteiger partial charge in [-0.2, -0.15) is 11.3 Å². The van der Waals surface area contributed by atoms with Crippen LogP contribution in [0.2, 0.25) is 0 Å².